The second-order valence-corrected chi connectivity index (χ2v) is 2.59. The Kier molecular flexibility index (Phi) is 2.55. The molecule has 13 heavy (non-hydrogen) atoms. The van der Waals surface area contributed by atoms with Gasteiger partial charge in [0.1, 0.15) is 0 Å². The molecular weight excluding hydrogens is 187 g/mol. The number of alkyl halides is 3. The smallest absolute Gasteiger partial charge is 0.339 e. The summed E-state index contributed by atoms with van der Waals surface area (Å²) in [5.74, 6) is -1.71. The molecule has 1 rings (SSSR count). The number of nitrogens with two attached hydrogens (primary N) is 1. The van der Waals surface area contributed by atoms with Crippen LogP contribution < -0.4 is 5.73 Å². The van der Waals surface area contributed by atoms with Crippen LogP contribution in [-0.4, -0.2) is 16.7 Å². The lowest BCUT2D eigenvalue weighted by Gasteiger charge is -1.99. The summed E-state index contributed by atoms with van der Waals surface area (Å²) in [6, 6.07) is 0. The van der Waals surface area contributed by atoms with E-state index in [1.54, 1.807) is 6.92 Å². The van der Waals surface area contributed by atoms with E-state index in [-0.39, 0.29) is 18.4 Å². The first-order valence-corrected chi connectivity index (χ1v) is 3.56. The topological polar surface area (TPSA) is 64.9 Å². The monoisotopic (exact) mass is 195 g/mol. The summed E-state index contributed by atoms with van der Waals surface area (Å²) in [5.41, 5.74) is 5.21. The van der Waals surface area contributed by atoms with Crippen LogP contribution in [0.5, 0.6) is 0 Å². The van der Waals surface area contributed by atoms with E-state index in [1.165, 1.54) is 0 Å². The third kappa shape index (κ3) is 2.18. The molecule has 1 aromatic rings. The highest BCUT2D eigenvalue weighted by Gasteiger charge is 2.37. The molecule has 0 aromatic carbocycles. The summed E-state index contributed by atoms with van der Waals surface area (Å²) in [6.07, 6.45) is -4.56. The second kappa shape index (κ2) is 3.33. The molecule has 0 aliphatic carbocycles. The van der Waals surface area contributed by atoms with Crippen molar-refractivity contribution in [2.45, 2.75) is 19.0 Å². The zero-order valence-corrected chi connectivity index (χ0v) is 6.80. The lowest BCUT2D eigenvalue weighted by molar-refractivity contribution is -0.146. The summed E-state index contributed by atoms with van der Waals surface area (Å²) in [7, 11) is 0. The molecule has 0 amide bonds. The fourth-order valence-corrected chi connectivity index (χ4v) is 0.651. The fraction of sp³-hybridized carbons (Fsp3) is 0.667. The maximum Gasteiger partial charge on any atom is 0.455 e. The van der Waals surface area contributed by atoms with Crippen molar-refractivity contribution in [1.29, 1.82) is 0 Å². The Hall–Kier alpha value is -1.11. The van der Waals surface area contributed by atoms with Gasteiger partial charge in [-0.3, -0.25) is 0 Å². The Morgan fingerprint density at radius 3 is 2.54 bits per heavy atom. The fourth-order valence-electron chi connectivity index (χ4n) is 0.651. The van der Waals surface area contributed by atoms with Crippen molar-refractivity contribution >= 4 is 0 Å². The van der Waals surface area contributed by atoms with Gasteiger partial charge in [-0.1, -0.05) is 12.1 Å². The average molecular weight is 195 g/mol. The van der Waals surface area contributed by atoms with E-state index in [2.05, 4.69) is 14.7 Å². The van der Waals surface area contributed by atoms with Gasteiger partial charge in [0.25, 0.3) is 5.82 Å². The molecule has 1 aromatic heterocycles. The van der Waals surface area contributed by atoms with Crippen LogP contribution in [0.25, 0.3) is 0 Å². The van der Waals surface area contributed by atoms with Gasteiger partial charge in [0.2, 0.25) is 5.89 Å². The molecule has 0 saturated carbocycles. The summed E-state index contributed by atoms with van der Waals surface area (Å²) in [6.45, 7) is 1.77. The molecule has 4 nitrogen and oxygen atoms in total. The molecule has 0 aliphatic heterocycles. The van der Waals surface area contributed by atoms with Crippen molar-refractivity contribution in [3.8, 4) is 0 Å². The van der Waals surface area contributed by atoms with Crippen molar-refractivity contribution in [2.75, 3.05) is 6.54 Å². The van der Waals surface area contributed by atoms with E-state index in [1.807, 2.05) is 0 Å². The minimum Gasteiger partial charge on any atom is -0.339 e. The SMILES string of the molecule is CC(CN)c1nc(C(F)(F)F)no1. The quantitative estimate of drug-likeness (QED) is 0.768. The first kappa shape index (κ1) is 9.97. The number of rotatable bonds is 2. The molecule has 0 spiro atoms. The first-order valence-electron chi connectivity index (χ1n) is 3.56. The van der Waals surface area contributed by atoms with Gasteiger partial charge in [-0.15, -0.1) is 0 Å². The normalized spacial score (nSPS) is 14.5. The molecule has 0 bridgehead atoms. The molecule has 1 heterocycles. The third-order valence-electron chi connectivity index (χ3n) is 1.47. The minimum atomic E-state index is -4.56. The van der Waals surface area contributed by atoms with Crippen LogP contribution in [0.2, 0.25) is 0 Å². The maximum atomic E-state index is 12.0. The van der Waals surface area contributed by atoms with Gasteiger partial charge in [0.05, 0.1) is 0 Å². The molecule has 0 saturated heterocycles. The predicted octanol–water partition coefficient (Wildman–Crippen LogP) is 1.15. The van der Waals surface area contributed by atoms with Gasteiger partial charge < -0.3 is 10.3 Å². The van der Waals surface area contributed by atoms with Crippen molar-refractivity contribution in [3.05, 3.63) is 11.7 Å². The number of hydrogen-bond donors (Lipinski definition) is 1. The van der Waals surface area contributed by atoms with E-state index in [0.29, 0.717) is 0 Å². The number of hydrogen-bond acceptors (Lipinski definition) is 4. The maximum absolute atomic E-state index is 12.0. The van der Waals surface area contributed by atoms with Crippen molar-refractivity contribution in [2.24, 2.45) is 5.73 Å². The van der Waals surface area contributed by atoms with Gasteiger partial charge in [0, 0.05) is 12.5 Å². The number of halogens is 3. The Morgan fingerprint density at radius 1 is 1.54 bits per heavy atom. The Morgan fingerprint density at radius 2 is 2.15 bits per heavy atom. The summed E-state index contributed by atoms with van der Waals surface area (Å²) in [5, 5.41) is 2.79. The zero-order valence-electron chi connectivity index (χ0n) is 6.80. The Balaban J connectivity index is 2.87. The molecule has 7 heteroatoms. The molecule has 2 N–H and O–H groups in total. The molecule has 0 fully saturated rings. The van der Waals surface area contributed by atoms with Gasteiger partial charge in [-0.2, -0.15) is 18.2 Å². The summed E-state index contributed by atoms with van der Waals surface area (Å²) in [4.78, 5) is 3.17. The summed E-state index contributed by atoms with van der Waals surface area (Å²) < 4.78 is 40.2. The highest BCUT2D eigenvalue weighted by molar-refractivity contribution is 4.95. The van der Waals surface area contributed by atoms with Crippen LogP contribution in [-0.2, 0) is 6.18 Å². The van der Waals surface area contributed by atoms with Crippen LogP contribution in [0.3, 0.4) is 0 Å². The number of nitrogens with zero attached hydrogens (tertiary/aromatic N) is 2. The van der Waals surface area contributed by atoms with E-state index < -0.39 is 12.0 Å². The molecule has 1 unspecified atom stereocenters. The second-order valence-electron chi connectivity index (χ2n) is 2.59. The predicted molar refractivity (Wildman–Crippen MR) is 36.8 cm³/mol. The van der Waals surface area contributed by atoms with E-state index in [4.69, 9.17) is 5.73 Å². The minimum absolute atomic E-state index is 0.0881. The number of aromatic nitrogens is 2. The lowest BCUT2D eigenvalue weighted by Crippen LogP contribution is -2.11. The van der Waals surface area contributed by atoms with Gasteiger partial charge in [-0.25, -0.2) is 0 Å². The molecule has 0 radical (unpaired) electrons. The van der Waals surface area contributed by atoms with Crippen molar-refractivity contribution in [3.63, 3.8) is 0 Å². The van der Waals surface area contributed by atoms with Crippen LogP contribution >= 0.6 is 0 Å². The molecule has 74 valence electrons. The van der Waals surface area contributed by atoms with Crippen molar-refractivity contribution < 1.29 is 17.7 Å². The van der Waals surface area contributed by atoms with Crippen LogP contribution in [0.15, 0.2) is 4.52 Å². The third-order valence-corrected chi connectivity index (χ3v) is 1.47. The first-order chi connectivity index (χ1) is 5.95. The van der Waals surface area contributed by atoms with Crippen LogP contribution in [0.4, 0.5) is 13.2 Å². The van der Waals surface area contributed by atoms with Crippen LogP contribution in [0.1, 0.15) is 24.6 Å². The Labute approximate surface area is 71.9 Å². The molecule has 1 atom stereocenters. The molecular formula is C6H8F3N3O. The van der Waals surface area contributed by atoms with E-state index >= 15 is 0 Å². The standard InChI is InChI=1S/C6H8F3N3O/c1-3(2-10)4-11-5(12-13-4)6(7,8)9/h3H,2,10H2,1H3. The van der Waals surface area contributed by atoms with Crippen molar-refractivity contribution in [1.82, 2.24) is 10.1 Å². The van der Waals surface area contributed by atoms with Crippen LogP contribution in [0, 0.1) is 0 Å². The Bertz CT molecular complexity index is 283. The van der Waals surface area contributed by atoms with Gasteiger partial charge in [0.15, 0.2) is 0 Å². The summed E-state index contributed by atoms with van der Waals surface area (Å²) >= 11 is 0. The van der Waals surface area contributed by atoms with Gasteiger partial charge >= 0.3 is 6.18 Å². The van der Waals surface area contributed by atoms with Gasteiger partial charge in [-0.05, 0) is 0 Å². The van der Waals surface area contributed by atoms with E-state index in [9.17, 15) is 13.2 Å². The largest absolute Gasteiger partial charge is 0.455 e. The highest BCUT2D eigenvalue weighted by Crippen LogP contribution is 2.27. The highest BCUT2D eigenvalue weighted by atomic mass is 19.4. The average Bonchev–Trinajstić information content (AvgIpc) is 2.50. The zero-order chi connectivity index (χ0) is 10.1. The lowest BCUT2D eigenvalue weighted by atomic mass is 10.2. The molecule has 0 aliphatic rings. The van der Waals surface area contributed by atoms with E-state index in [0.717, 1.165) is 0 Å².